The first-order valence-corrected chi connectivity index (χ1v) is 5.02. The van der Waals surface area contributed by atoms with Crippen LogP contribution in [0.25, 0.3) is 0 Å². The highest BCUT2D eigenvalue weighted by molar-refractivity contribution is 4.92. The number of aliphatic hydroxyl groups excluding tert-OH is 1. The van der Waals surface area contributed by atoms with E-state index in [-0.39, 0.29) is 12.2 Å². The first-order chi connectivity index (χ1) is 5.73. The summed E-state index contributed by atoms with van der Waals surface area (Å²) < 4.78 is 5.85. The maximum absolute atomic E-state index is 9.15. The molecule has 70 valence electrons. The van der Waals surface area contributed by atoms with Gasteiger partial charge in [-0.1, -0.05) is 12.8 Å². The van der Waals surface area contributed by atoms with Crippen LogP contribution in [0.15, 0.2) is 0 Å². The predicted molar refractivity (Wildman–Crippen MR) is 46.9 cm³/mol. The average molecular weight is 170 g/mol. The number of ether oxygens (including phenoxy) is 1. The normalized spacial score (nSPS) is 47.5. The fourth-order valence-corrected chi connectivity index (χ4v) is 2.63. The summed E-state index contributed by atoms with van der Waals surface area (Å²) in [6.07, 6.45) is 6.69. The summed E-state index contributed by atoms with van der Waals surface area (Å²) in [5.74, 6) is 0.732. The van der Waals surface area contributed by atoms with Gasteiger partial charge in [-0.2, -0.15) is 0 Å². The highest BCUT2D eigenvalue weighted by atomic mass is 16.5. The van der Waals surface area contributed by atoms with Crippen LogP contribution in [0.1, 0.15) is 39.0 Å². The van der Waals surface area contributed by atoms with Crippen LogP contribution in [0.4, 0.5) is 0 Å². The smallest absolute Gasteiger partial charge is 0.0891 e. The van der Waals surface area contributed by atoms with E-state index in [0.717, 1.165) is 12.3 Å². The molecule has 0 aromatic rings. The van der Waals surface area contributed by atoms with Crippen LogP contribution in [0.3, 0.4) is 0 Å². The van der Waals surface area contributed by atoms with Gasteiger partial charge in [0.25, 0.3) is 0 Å². The van der Waals surface area contributed by atoms with Crippen LogP contribution in [0.5, 0.6) is 0 Å². The van der Waals surface area contributed by atoms with E-state index in [1.54, 1.807) is 0 Å². The first-order valence-electron chi connectivity index (χ1n) is 5.02. The fourth-order valence-electron chi connectivity index (χ4n) is 2.63. The van der Waals surface area contributed by atoms with Gasteiger partial charge >= 0.3 is 0 Å². The molecule has 0 aromatic carbocycles. The maximum Gasteiger partial charge on any atom is 0.0891 e. The molecule has 1 aliphatic heterocycles. The van der Waals surface area contributed by atoms with Crippen LogP contribution in [0.2, 0.25) is 0 Å². The van der Waals surface area contributed by atoms with E-state index in [1.807, 2.05) is 6.92 Å². The summed E-state index contributed by atoms with van der Waals surface area (Å²) in [6, 6.07) is 0. The molecule has 0 bridgehead atoms. The lowest BCUT2D eigenvalue weighted by Gasteiger charge is -2.24. The summed E-state index contributed by atoms with van der Waals surface area (Å²) in [5.41, 5.74) is -0.223. The van der Waals surface area contributed by atoms with Crippen LogP contribution < -0.4 is 0 Å². The summed E-state index contributed by atoms with van der Waals surface area (Å²) in [4.78, 5) is 0. The standard InChI is InChI=1S/C10H18O2/c1-10(7-11)6-8-4-2-3-5-9(8)12-10/h8-9,11H,2-7H2,1H3. The van der Waals surface area contributed by atoms with Crippen molar-refractivity contribution in [1.82, 2.24) is 0 Å². The number of hydrogen-bond donors (Lipinski definition) is 1. The van der Waals surface area contributed by atoms with Crippen LogP contribution in [-0.4, -0.2) is 23.4 Å². The molecule has 2 fully saturated rings. The Morgan fingerprint density at radius 2 is 2.17 bits per heavy atom. The molecule has 1 saturated carbocycles. The SMILES string of the molecule is CC1(CO)CC2CCCCC2O1. The Morgan fingerprint density at radius 1 is 1.42 bits per heavy atom. The molecule has 0 spiro atoms. The van der Waals surface area contributed by atoms with Crippen molar-refractivity contribution < 1.29 is 9.84 Å². The monoisotopic (exact) mass is 170 g/mol. The largest absolute Gasteiger partial charge is 0.393 e. The van der Waals surface area contributed by atoms with E-state index in [2.05, 4.69) is 0 Å². The van der Waals surface area contributed by atoms with Crippen LogP contribution in [-0.2, 0) is 4.74 Å². The molecule has 3 atom stereocenters. The molecule has 0 radical (unpaired) electrons. The third-order valence-corrected chi connectivity index (χ3v) is 3.30. The van der Waals surface area contributed by atoms with E-state index in [0.29, 0.717) is 6.10 Å². The van der Waals surface area contributed by atoms with Crippen molar-refractivity contribution >= 4 is 0 Å². The molecule has 12 heavy (non-hydrogen) atoms. The van der Waals surface area contributed by atoms with Crippen molar-refractivity contribution in [2.75, 3.05) is 6.61 Å². The number of rotatable bonds is 1. The molecule has 0 amide bonds. The third kappa shape index (κ3) is 1.38. The van der Waals surface area contributed by atoms with Gasteiger partial charge in [-0.15, -0.1) is 0 Å². The van der Waals surface area contributed by atoms with E-state index in [4.69, 9.17) is 9.84 Å². The zero-order valence-corrected chi connectivity index (χ0v) is 7.75. The Balaban J connectivity index is 2.02. The van der Waals surface area contributed by atoms with E-state index < -0.39 is 0 Å². The van der Waals surface area contributed by atoms with Gasteiger partial charge in [-0.25, -0.2) is 0 Å². The van der Waals surface area contributed by atoms with Gasteiger partial charge in [-0.05, 0) is 32.1 Å². The zero-order valence-electron chi connectivity index (χ0n) is 7.75. The second-order valence-corrected chi connectivity index (χ2v) is 4.51. The molecule has 3 unspecified atom stereocenters. The number of hydrogen-bond acceptors (Lipinski definition) is 2. The minimum atomic E-state index is -0.223. The average Bonchev–Trinajstić information content (AvgIpc) is 2.42. The van der Waals surface area contributed by atoms with Gasteiger partial charge in [-0.3, -0.25) is 0 Å². The summed E-state index contributed by atoms with van der Waals surface area (Å²) >= 11 is 0. The quantitative estimate of drug-likeness (QED) is 0.649. The number of aliphatic hydroxyl groups is 1. The molecule has 2 nitrogen and oxygen atoms in total. The minimum Gasteiger partial charge on any atom is -0.393 e. The molecule has 2 heteroatoms. The molecule has 2 aliphatic rings. The van der Waals surface area contributed by atoms with Crippen molar-refractivity contribution in [1.29, 1.82) is 0 Å². The lowest BCUT2D eigenvalue weighted by molar-refractivity contribution is -0.0692. The second-order valence-electron chi connectivity index (χ2n) is 4.51. The minimum absolute atomic E-state index is 0.181. The van der Waals surface area contributed by atoms with Crippen molar-refractivity contribution in [3.05, 3.63) is 0 Å². The van der Waals surface area contributed by atoms with Gasteiger partial charge in [0.05, 0.1) is 18.3 Å². The Bertz CT molecular complexity index is 153. The fraction of sp³-hybridized carbons (Fsp3) is 1.00. The lowest BCUT2D eigenvalue weighted by Crippen LogP contribution is -2.29. The molecular weight excluding hydrogens is 152 g/mol. The van der Waals surface area contributed by atoms with E-state index in [1.165, 1.54) is 25.7 Å². The Kier molecular flexibility index (Phi) is 2.13. The second kappa shape index (κ2) is 3.00. The summed E-state index contributed by atoms with van der Waals surface area (Å²) in [6.45, 7) is 2.21. The van der Waals surface area contributed by atoms with Crippen molar-refractivity contribution in [3.63, 3.8) is 0 Å². The zero-order chi connectivity index (χ0) is 8.60. The molecule has 1 N–H and O–H groups in total. The molecule has 0 aromatic heterocycles. The molecule has 1 saturated heterocycles. The highest BCUT2D eigenvalue weighted by Gasteiger charge is 2.43. The Hall–Kier alpha value is -0.0800. The van der Waals surface area contributed by atoms with Crippen LogP contribution in [0, 0.1) is 5.92 Å². The summed E-state index contributed by atoms with van der Waals surface area (Å²) in [5, 5.41) is 9.15. The van der Waals surface area contributed by atoms with Gasteiger partial charge in [0, 0.05) is 0 Å². The molecule has 1 aliphatic carbocycles. The first kappa shape index (κ1) is 8.52. The summed E-state index contributed by atoms with van der Waals surface area (Å²) in [7, 11) is 0. The van der Waals surface area contributed by atoms with Crippen LogP contribution >= 0.6 is 0 Å². The van der Waals surface area contributed by atoms with Crippen molar-refractivity contribution in [3.8, 4) is 0 Å². The Labute approximate surface area is 73.9 Å². The molecule has 1 heterocycles. The highest BCUT2D eigenvalue weighted by Crippen LogP contribution is 2.42. The van der Waals surface area contributed by atoms with E-state index >= 15 is 0 Å². The Morgan fingerprint density at radius 3 is 2.83 bits per heavy atom. The van der Waals surface area contributed by atoms with E-state index in [9.17, 15) is 0 Å². The van der Waals surface area contributed by atoms with Crippen molar-refractivity contribution in [2.45, 2.75) is 50.7 Å². The molecule has 2 rings (SSSR count). The third-order valence-electron chi connectivity index (χ3n) is 3.30. The van der Waals surface area contributed by atoms with Gasteiger partial charge < -0.3 is 9.84 Å². The topological polar surface area (TPSA) is 29.5 Å². The van der Waals surface area contributed by atoms with Crippen molar-refractivity contribution in [2.24, 2.45) is 5.92 Å². The predicted octanol–water partition coefficient (Wildman–Crippen LogP) is 1.72. The van der Waals surface area contributed by atoms with Gasteiger partial charge in [0.15, 0.2) is 0 Å². The molecular formula is C10H18O2. The van der Waals surface area contributed by atoms with Gasteiger partial charge in [0.2, 0.25) is 0 Å². The van der Waals surface area contributed by atoms with Gasteiger partial charge in [0.1, 0.15) is 0 Å². The number of fused-ring (bicyclic) bond motifs is 1. The maximum atomic E-state index is 9.15. The lowest BCUT2D eigenvalue weighted by atomic mass is 9.83.